The SMILES string of the molecule is COc1cc(C2Oc3cc(O)cc(O[C@@H]4O[C@H](COC(=O)O)[C@@H](O)[C@H](O)[C@H]4O)c3C=C2O[C@@H]2O[C@H](CO)[C@@H](O)[C@H](O)[C@H]2O)cc(OC)c1O. The summed E-state index contributed by atoms with van der Waals surface area (Å²) in [6, 6.07) is 5.01. The third-order valence-electron chi connectivity index (χ3n) is 8.07. The molecule has 0 spiro atoms. The standard InChI is InChI=1S/C30H36O19/c1-42-15-3-10(4-16(43-2)20(15)33)27-17(47-29-25(38)23(36)21(34)18(8-31)48-29)7-12-13(45-27)5-11(32)6-14(12)46-28-26(39)24(37)22(35)19(49-28)9-44-30(40)41/h3-7,18-19,21-29,31-39H,8-9H2,1-2H3,(H,40,41)/t18-,19-,21-,22-,23+,24+,25-,26-,27?,28-,29-/m1/s1. The maximum Gasteiger partial charge on any atom is 0.505 e. The minimum Gasteiger partial charge on any atom is -0.508 e. The van der Waals surface area contributed by atoms with Crippen molar-refractivity contribution in [2.24, 2.45) is 0 Å². The van der Waals surface area contributed by atoms with E-state index in [1.54, 1.807) is 0 Å². The summed E-state index contributed by atoms with van der Waals surface area (Å²) in [6.07, 6.45) is -18.8. The van der Waals surface area contributed by atoms with E-state index in [1.807, 2.05) is 0 Å². The summed E-state index contributed by atoms with van der Waals surface area (Å²) >= 11 is 0. The second-order valence-electron chi connectivity index (χ2n) is 11.2. The van der Waals surface area contributed by atoms with Crippen molar-refractivity contribution in [3.8, 4) is 34.5 Å². The number of methoxy groups -OCH3 is 2. The number of carbonyl (C=O) groups is 1. The molecule has 2 fully saturated rings. The van der Waals surface area contributed by atoms with Crippen LogP contribution in [0.3, 0.4) is 0 Å². The van der Waals surface area contributed by atoms with Crippen LogP contribution in [0.5, 0.6) is 34.5 Å². The quantitative estimate of drug-likeness (QED) is 0.123. The van der Waals surface area contributed by atoms with Crippen LogP contribution in [0.25, 0.3) is 6.08 Å². The highest BCUT2D eigenvalue weighted by Gasteiger charge is 2.47. The first-order valence-electron chi connectivity index (χ1n) is 14.7. The lowest BCUT2D eigenvalue weighted by atomic mass is 9.98. The normalized spacial score (nSPS) is 32.6. The number of hydrogen-bond donors (Lipinski definition) is 10. The van der Waals surface area contributed by atoms with E-state index in [9.17, 15) is 50.8 Å². The van der Waals surface area contributed by atoms with Crippen LogP contribution in [0, 0.1) is 0 Å². The Balaban J connectivity index is 1.56. The molecule has 49 heavy (non-hydrogen) atoms. The third kappa shape index (κ3) is 7.20. The predicted octanol–water partition coefficient (Wildman–Crippen LogP) is -1.71. The van der Waals surface area contributed by atoms with Crippen molar-refractivity contribution in [3.63, 3.8) is 0 Å². The van der Waals surface area contributed by atoms with Crippen molar-refractivity contribution in [3.05, 3.63) is 41.2 Å². The second kappa shape index (κ2) is 14.7. The summed E-state index contributed by atoms with van der Waals surface area (Å²) in [4.78, 5) is 10.9. The number of ether oxygens (including phenoxy) is 8. The first-order valence-corrected chi connectivity index (χ1v) is 14.7. The molecular weight excluding hydrogens is 664 g/mol. The molecule has 2 aromatic carbocycles. The summed E-state index contributed by atoms with van der Waals surface area (Å²) in [7, 11) is 2.57. The highest BCUT2D eigenvalue weighted by molar-refractivity contribution is 5.70. The van der Waals surface area contributed by atoms with Gasteiger partial charge in [-0.15, -0.1) is 0 Å². The van der Waals surface area contributed by atoms with Gasteiger partial charge in [0.1, 0.15) is 78.4 Å². The number of phenols is 2. The predicted molar refractivity (Wildman–Crippen MR) is 157 cm³/mol. The molecule has 270 valence electrons. The molecule has 11 atom stereocenters. The molecule has 0 saturated carbocycles. The number of carboxylic acid groups (broad SMARTS) is 1. The Bertz CT molecular complexity index is 1500. The first-order chi connectivity index (χ1) is 23.3. The van der Waals surface area contributed by atoms with Gasteiger partial charge in [0.15, 0.2) is 17.6 Å². The van der Waals surface area contributed by atoms with Crippen molar-refractivity contribution >= 4 is 12.2 Å². The Kier molecular flexibility index (Phi) is 10.8. The van der Waals surface area contributed by atoms with E-state index >= 15 is 0 Å². The molecule has 0 aromatic heterocycles. The van der Waals surface area contributed by atoms with Crippen molar-refractivity contribution < 1.29 is 93.8 Å². The maximum absolute atomic E-state index is 10.9. The average Bonchev–Trinajstić information content (AvgIpc) is 3.08. The summed E-state index contributed by atoms with van der Waals surface area (Å²) in [5, 5.41) is 102. The van der Waals surface area contributed by atoms with E-state index in [2.05, 4.69) is 4.74 Å². The van der Waals surface area contributed by atoms with Crippen LogP contribution < -0.4 is 18.9 Å². The lowest BCUT2D eigenvalue weighted by Crippen LogP contribution is -2.60. The van der Waals surface area contributed by atoms with Gasteiger partial charge in [0.05, 0.1) is 26.4 Å². The summed E-state index contributed by atoms with van der Waals surface area (Å²) in [6.45, 7) is -1.49. The van der Waals surface area contributed by atoms with Crippen LogP contribution >= 0.6 is 0 Å². The number of rotatable bonds is 10. The van der Waals surface area contributed by atoms with Gasteiger partial charge in [0.2, 0.25) is 18.3 Å². The Labute approximate surface area is 276 Å². The first kappa shape index (κ1) is 36.0. The Morgan fingerprint density at radius 3 is 1.90 bits per heavy atom. The number of fused-ring (bicyclic) bond motifs is 1. The van der Waals surface area contributed by atoms with E-state index in [0.717, 1.165) is 6.07 Å². The molecule has 2 aromatic rings. The molecule has 0 aliphatic carbocycles. The largest absolute Gasteiger partial charge is 0.508 e. The molecule has 19 heteroatoms. The van der Waals surface area contributed by atoms with Gasteiger partial charge in [-0.3, -0.25) is 0 Å². The Hall–Kier alpha value is -4.31. The molecule has 5 rings (SSSR count). The van der Waals surface area contributed by atoms with E-state index in [1.165, 1.54) is 38.5 Å². The lowest BCUT2D eigenvalue weighted by Gasteiger charge is -2.41. The van der Waals surface area contributed by atoms with Crippen molar-refractivity contribution in [2.45, 2.75) is 67.5 Å². The fraction of sp³-hybridized carbons (Fsp3) is 0.500. The van der Waals surface area contributed by atoms with Gasteiger partial charge < -0.3 is 89.0 Å². The van der Waals surface area contributed by atoms with E-state index < -0.39 is 92.6 Å². The van der Waals surface area contributed by atoms with E-state index in [0.29, 0.717) is 0 Å². The fourth-order valence-corrected chi connectivity index (χ4v) is 5.45. The zero-order valence-corrected chi connectivity index (χ0v) is 25.8. The molecule has 1 unspecified atom stereocenters. The highest BCUT2D eigenvalue weighted by atomic mass is 16.7. The van der Waals surface area contributed by atoms with Crippen LogP contribution in [-0.2, 0) is 18.9 Å². The minimum absolute atomic E-state index is 0.0149. The average molecular weight is 701 g/mol. The molecule has 0 amide bonds. The van der Waals surface area contributed by atoms with E-state index in [4.69, 9.17) is 38.3 Å². The van der Waals surface area contributed by atoms with Crippen molar-refractivity contribution in [1.29, 1.82) is 0 Å². The Morgan fingerprint density at radius 1 is 0.755 bits per heavy atom. The van der Waals surface area contributed by atoms with E-state index in [-0.39, 0.29) is 45.6 Å². The molecule has 3 aliphatic heterocycles. The smallest absolute Gasteiger partial charge is 0.505 e. The van der Waals surface area contributed by atoms with Crippen LogP contribution in [0.2, 0.25) is 0 Å². The molecular formula is C30H36O19. The van der Waals surface area contributed by atoms with Gasteiger partial charge in [0.25, 0.3) is 0 Å². The van der Waals surface area contributed by atoms with Crippen LogP contribution in [0.4, 0.5) is 4.79 Å². The molecule has 0 bridgehead atoms. The third-order valence-corrected chi connectivity index (χ3v) is 8.07. The molecule has 19 nitrogen and oxygen atoms in total. The van der Waals surface area contributed by atoms with Crippen molar-refractivity contribution in [2.75, 3.05) is 27.4 Å². The van der Waals surface area contributed by atoms with Crippen LogP contribution in [-0.4, -0.2) is 146 Å². The number of aliphatic hydroxyl groups is 7. The summed E-state index contributed by atoms with van der Waals surface area (Å²) < 4.78 is 44.0. The highest BCUT2D eigenvalue weighted by Crippen LogP contribution is 2.48. The molecule has 10 N–H and O–H groups in total. The number of aliphatic hydroxyl groups excluding tert-OH is 7. The van der Waals surface area contributed by atoms with Gasteiger partial charge in [-0.1, -0.05) is 0 Å². The molecule has 3 heterocycles. The second-order valence-corrected chi connectivity index (χ2v) is 11.2. The molecule has 3 aliphatic rings. The fourth-order valence-electron chi connectivity index (χ4n) is 5.45. The molecule has 2 saturated heterocycles. The topological polar surface area (TPSA) is 293 Å². The minimum atomic E-state index is -1.89. The summed E-state index contributed by atoms with van der Waals surface area (Å²) in [5.41, 5.74) is 0.240. The zero-order valence-electron chi connectivity index (χ0n) is 25.8. The molecule has 0 radical (unpaired) electrons. The Morgan fingerprint density at radius 2 is 1.33 bits per heavy atom. The number of aromatic hydroxyl groups is 2. The zero-order chi connectivity index (χ0) is 35.7. The maximum atomic E-state index is 10.9. The van der Waals surface area contributed by atoms with Gasteiger partial charge in [-0.25, -0.2) is 4.79 Å². The van der Waals surface area contributed by atoms with Gasteiger partial charge in [-0.2, -0.15) is 0 Å². The number of phenolic OH excluding ortho intramolecular Hbond substituents is 2. The number of hydrogen-bond acceptors (Lipinski definition) is 18. The van der Waals surface area contributed by atoms with Gasteiger partial charge in [-0.05, 0) is 18.2 Å². The van der Waals surface area contributed by atoms with Crippen molar-refractivity contribution in [1.82, 2.24) is 0 Å². The van der Waals surface area contributed by atoms with Gasteiger partial charge >= 0.3 is 6.16 Å². The summed E-state index contributed by atoms with van der Waals surface area (Å²) in [5.74, 6) is -1.34. The number of benzene rings is 2. The lowest BCUT2D eigenvalue weighted by molar-refractivity contribution is -0.293. The monoisotopic (exact) mass is 700 g/mol. The van der Waals surface area contributed by atoms with Crippen LogP contribution in [0.15, 0.2) is 30.0 Å². The van der Waals surface area contributed by atoms with Gasteiger partial charge in [0, 0.05) is 17.7 Å². The van der Waals surface area contributed by atoms with Crippen LogP contribution in [0.1, 0.15) is 17.2 Å².